The minimum Gasteiger partial charge on any atom is -0.489 e. The van der Waals surface area contributed by atoms with Gasteiger partial charge in [-0.2, -0.15) is 8.78 Å². The molecule has 0 unspecified atom stereocenters. The number of carbonyl (C=O) groups excluding carboxylic acids is 1. The molecule has 0 saturated heterocycles. The molecular formula is C21H17F2NO4S. The Kier molecular flexibility index (Phi) is 6.23. The van der Waals surface area contributed by atoms with Gasteiger partial charge < -0.3 is 10.1 Å². The fourth-order valence-corrected chi connectivity index (χ4v) is 3.22. The normalized spacial score (nSPS) is 11.3. The Balaban J connectivity index is 1.66. The number of sulfone groups is 1. The Morgan fingerprint density at radius 2 is 1.62 bits per heavy atom. The standard InChI is InChI=1S/C21H17F2NO4S/c22-21(23)29(26,27)19-11-9-17(10-12-19)24-20(25)16-7-4-8-18(13-16)28-14-15-5-2-1-3-6-15/h1-13,21H,14H2,(H,24,25). The molecule has 0 saturated carbocycles. The highest BCUT2D eigenvalue weighted by Gasteiger charge is 2.26. The maximum Gasteiger partial charge on any atom is 0.341 e. The average Bonchev–Trinajstić information content (AvgIpc) is 2.73. The molecule has 5 nitrogen and oxygen atoms in total. The lowest BCUT2D eigenvalue weighted by molar-refractivity contribution is 0.102. The number of halogens is 2. The molecule has 29 heavy (non-hydrogen) atoms. The van der Waals surface area contributed by atoms with Crippen molar-refractivity contribution in [1.82, 2.24) is 0 Å². The van der Waals surface area contributed by atoms with Gasteiger partial charge in [0.15, 0.2) is 0 Å². The van der Waals surface area contributed by atoms with Gasteiger partial charge in [-0.3, -0.25) is 4.79 Å². The summed E-state index contributed by atoms with van der Waals surface area (Å²) in [5, 5.41) is 2.59. The summed E-state index contributed by atoms with van der Waals surface area (Å²) < 4.78 is 53.7. The predicted octanol–water partition coefficient (Wildman–Crippen LogP) is 4.51. The summed E-state index contributed by atoms with van der Waals surface area (Å²) in [5.41, 5.74) is 1.60. The third-order valence-corrected chi connectivity index (χ3v) is 5.42. The summed E-state index contributed by atoms with van der Waals surface area (Å²) in [6, 6.07) is 20.7. The van der Waals surface area contributed by atoms with E-state index in [1.54, 1.807) is 24.3 Å². The van der Waals surface area contributed by atoms with Gasteiger partial charge in [-0.1, -0.05) is 36.4 Å². The first-order valence-corrected chi connectivity index (χ1v) is 10.1. The van der Waals surface area contributed by atoms with E-state index in [1.165, 1.54) is 12.1 Å². The molecule has 1 amide bonds. The van der Waals surface area contributed by atoms with Crippen molar-refractivity contribution in [2.24, 2.45) is 0 Å². The highest BCUT2D eigenvalue weighted by Crippen LogP contribution is 2.21. The number of hydrogen-bond acceptors (Lipinski definition) is 4. The number of carbonyl (C=O) groups is 1. The maximum atomic E-state index is 12.6. The van der Waals surface area contributed by atoms with Crippen LogP contribution in [-0.2, 0) is 16.4 Å². The van der Waals surface area contributed by atoms with Crippen molar-refractivity contribution < 1.29 is 26.7 Å². The van der Waals surface area contributed by atoms with Gasteiger partial charge in [-0.15, -0.1) is 0 Å². The molecule has 0 aromatic heterocycles. The quantitative estimate of drug-likeness (QED) is 0.614. The maximum absolute atomic E-state index is 12.6. The second-order valence-corrected chi connectivity index (χ2v) is 8.00. The number of amides is 1. The van der Waals surface area contributed by atoms with E-state index in [0.717, 1.165) is 17.7 Å². The lowest BCUT2D eigenvalue weighted by Crippen LogP contribution is -2.13. The van der Waals surface area contributed by atoms with Crippen LogP contribution >= 0.6 is 0 Å². The molecule has 3 rings (SSSR count). The van der Waals surface area contributed by atoms with Crippen LogP contribution < -0.4 is 10.1 Å². The van der Waals surface area contributed by atoms with Gasteiger partial charge in [0.05, 0.1) is 4.90 Å². The third kappa shape index (κ3) is 5.17. The molecule has 0 heterocycles. The smallest absolute Gasteiger partial charge is 0.341 e. The van der Waals surface area contributed by atoms with Crippen LogP contribution in [0.5, 0.6) is 5.75 Å². The second-order valence-electron chi connectivity index (χ2n) is 6.09. The van der Waals surface area contributed by atoms with Crippen LogP contribution in [0.15, 0.2) is 83.8 Å². The number of alkyl halides is 2. The molecule has 0 aliphatic carbocycles. The molecular weight excluding hydrogens is 400 g/mol. The molecule has 0 fully saturated rings. The van der Waals surface area contributed by atoms with Gasteiger partial charge in [-0.25, -0.2) is 8.42 Å². The van der Waals surface area contributed by atoms with E-state index in [1.807, 2.05) is 30.3 Å². The minimum absolute atomic E-state index is 0.277. The summed E-state index contributed by atoms with van der Waals surface area (Å²) in [6.07, 6.45) is 0. The van der Waals surface area contributed by atoms with Crippen LogP contribution in [0, 0.1) is 0 Å². The van der Waals surface area contributed by atoms with Crippen molar-refractivity contribution >= 4 is 21.4 Å². The van der Waals surface area contributed by atoms with E-state index in [9.17, 15) is 22.0 Å². The lowest BCUT2D eigenvalue weighted by atomic mass is 10.2. The molecule has 1 N–H and O–H groups in total. The Bertz CT molecular complexity index is 1090. The summed E-state index contributed by atoms with van der Waals surface area (Å²) in [5.74, 6) is -3.43. The number of anilines is 1. The zero-order valence-corrected chi connectivity index (χ0v) is 15.9. The molecule has 3 aromatic rings. The predicted molar refractivity (Wildman–Crippen MR) is 105 cm³/mol. The largest absolute Gasteiger partial charge is 0.489 e. The van der Waals surface area contributed by atoms with E-state index >= 15 is 0 Å². The van der Waals surface area contributed by atoms with E-state index in [2.05, 4.69) is 5.32 Å². The minimum atomic E-state index is -4.67. The van der Waals surface area contributed by atoms with Crippen molar-refractivity contribution in [3.63, 3.8) is 0 Å². The third-order valence-electron chi connectivity index (χ3n) is 4.02. The summed E-state index contributed by atoms with van der Waals surface area (Å²) >= 11 is 0. The zero-order valence-electron chi connectivity index (χ0n) is 15.1. The van der Waals surface area contributed by atoms with Crippen LogP contribution in [0.25, 0.3) is 0 Å². The van der Waals surface area contributed by atoms with Crippen LogP contribution in [0.2, 0.25) is 0 Å². The second kappa shape index (κ2) is 8.83. The highest BCUT2D eigenvalue weighted by atomic mass is 32.2. The Morgan fingerprint density at radius 1 is 0.931 bits per heavy atom. The number of ether oxygens (including phenoxy) is 1. The average molecular weight is 417 g/mol. The number of benzene rings is 3. The first-order chi connectivity index (χ1) is 13.9. The molecule has 0 spiro atoms. The summed E-state index contributed by atoms with van der Waals surface area (Å²) in [6.45, 7) is 0.353. The molecule has 8 heteroatoms. The first kappa shape index (κ1) is 20.5. The highest BCUT2D eigenvalue weighted by molar-refractivity contribution is 7.91. The molecule has 0 bridgehead atoms. The fraction of sp³-hybridized carbons (Fsp3) is 0.0952. The zero-order chi connectivity index (χ0) is 20.9. The monoisotopic (exact) mass is 417 g/mol. The van der Waals surface area contributed by atoms with Gasteiger partial charge in [0.2, 0.25) is 9.84 Å². The van der Waals surface area contributed by atoms with Crippen molar-refractivity contribution in [1.29, 1.82) is 0 Å². The van der Waals surface area contributed by atoms with Crippen LogP contribution in [-0.4, -0.2) is 20.1 Å². The molecule has 0 atom stereocenters. The first-order valence-electron chi connectivity index (χ1n) is 8.56. The summed E-state index contributed by atoms with van der Waals surface area (Å²) in [4.78, 5) is 11.9. The van der Waals surface area contributed by atoms with E-state index in [0.29, 0.717) is 17.9 Å². The molecule has 3 aromatic carbocycles. The van der Waals surface area contributed by atoms with Gasteiger partial charge in [0, 0.05) is 11.3 Å². The van der Waals surface area contributed by atoms with Crippen molar-refractivity contribution in [2.45, 2.75) is 17.3 Å². The van der Waals surface area contributed by atoms with Gasteiger partial charge in [0.1, 0.15) is 12.4 Å². The molecule has 0 radical (unpaired) electrons. The SMILES string of the molecule is O=C(Nc1ccc(S(=O)(=O)C(F)F)cc1)c1cccc(OCc2ccccc2)c1. The van der Waals surface area contributed by atoms with Gasteiger partial charge >= 0.3 is 5.76 Å². The summed E-state index contributed by atoms with van der Waals surface area (Å²) in [7, 11) is -4.67. The number of hydrogen-bond donors (Lipinski definition) is 1. The molecule has 0 aliphatic rings. The van der Waals surface area contributed by atoms with Gasteiger partial charge in [0.25, 0.3) is 5.91 Å². The fourth-order valence-electron chi connectivity index (χ4n) is 2.50. The van der Waals surface area contributed by atoms with Crippen molar-refractivity contribution in [2.75, 3.05) is 5.32 Å². The number of nitrogens with one attached hydrogen (secondary N) is 1. The van der Waals surface area contributed by atoms with E-state index in [-0.39, 0.29) is 5.69 Å². The Morgan fingerprint density at radius 3 is 2.28 bits per heavy atom. The van der Waals surface area contributed by atoms with Crippen LogP contribution in [0.3, 0.4) is 0 Å². The van der Waals surface area contributed by atoms with Crippen molar-refractivity contribution in [3.05, 3.63) is 90.0 Å². The van der Waals surface area contributed by atoms with Crippen LogP contribution in [0.4, 0.5) is 14.5 Å². The van der Waals surface area contributed by atoms with Crippen molar-refractivity contribution in [3.8, 4) is 5.75 Å². The van der Waals surface area contributed by atoms with E-state index in [4.69, 9.17) is 4.74 Å². The molecule has 0 aliphatic heterocycles. The number of rotatable bonds is 7. The lowest BCUT2D eigenvalue weighted by Gasteiger charge is -2.09. The van der Waals surface area contributed by atoms with E-state index < -0.39 is 26.4 Å². The van der Waals surface area contributed by atoms with Gasteiger partial charge in [-0.05, 0) is 48.0 Å². The topological polar surface area (TPSA) is 72.5 Å². The Hall–Kier alpha value is -3.26. The molecule has 150 valence electrons. The Labute approximate surface area is 166 Å². The van der Waals surface area contributed by atoms with Crippen LogP contribution in [0.1, 0.15) is 15.9 Å².